The Morgan fingerprint density at radius 2 is 1.83 bits per heavy atom. The van der Waals surface area contributed by atoms with E-state index in [-0.39, 0.29) is 22.9 Å². The molecule has 0 radical (unpaired) electrons. The molecule has 35 heavy (non-hydrogen) atoms. The molecule has 5 nitrogen and oxygen atoms in total. The van der Waals surface area contributed by atoms with Crippen LogP contribution in [-0.4, -0.2) is 17.4 Å². The summed E-state index contributed by atoms with van der Waals surface area (Å²) in [5.74, 6) is -0.767. The van der Waals surface area contributed by atoms with Crippen LogP contribution in [0.1, 0.15) is 38.2 Å². The van der Waals surface area contributed by atoms with Crippen LogP contribution in [0.25, 0.3) is 0 Å². The summed E-state index contributed by atoms with van der Waals surface area (Å²) in [6, 6.07) is 14.3. The van der Waals surface area contributed by atoms with Gasteiger partial charge in [0.25, 0.3) is 0 Å². The minimum absolute atomic E-state index is 0.0221. The molecule has 1 atom stereocenters. The molecule has 0 saturated carbocycles. The minimum Gasteiger partial charge on any atom is -0.352 e. The summed E-state index contributed by atoms with van der Waals surface area (Å²) in [7, 11) is 0. The van der Waals surface area contributed by atoms with Gasteiger partial charge >= 0.3 is 0 Å². The molecule has 1 aliphatic carbocycles. The van der Waals surface area contributed by atoms with Gasteiger partial charge in [-0.05, 0) is 47.7 Å². The number of benzene rings is 2. The van der Waals surface area contributed by atoms with Gasteiger partial charge in [0.05, 0.1) is 39.1 Å². The van der Waals surface area contributed by atoms with Gasteiger partial charge in [-0.3, -0.25) is 9.59 Å². The fraction of sp³-hybridized carbons (Fsp3) is 0.269. The van der Waals surface area contributed by atoms with Crippen molar-refractivity contribution in [1.82, 2.24) is 5.32 Å². The van der Waals surface area contributed by atoms with Crippen LogP contribution in [0.3, 0.4) is 0 Å². The van der Waals surface area contributed by atoms with Crippen LogP contribution < -0.4 is 10.6 Å². The van der Waals surface area contributed by atoms with Crippen molar-refractivity contribution in [3.8, 4) is 6.07 Å². The maximum Gasteiger partial charge on any atom is 0.234 e. The van der Waals surface area contributed by atoms with Crippen molar-refractivity contribution in [2.24, 2.45) is 5.41 Å². The molecule has 2 N–H and O–H groups in total. The molecule has 9 heteroatoms. The molecule has 0 fully saturated rings. The number of dihydropyridines is 1. The normalized spacial score (nSPS) is 19.1. The Bertz CT molecular complexity index is 1310. The van der Waals surface area contributed by atoms with Crippen LogP contribution in [0.2, 0.25) is 15.1 Å². The van der Waals surface area contributed by atoms with E-state index in [2.05, 4.69) is 16.7 Å². The number of anilines is 1. The first-order valence-electron chi connectivity index (χ1n) is 10.9. The zero-order valence-electron chi connectivity index (χ0n) is 19.0. The summed E-state index contributed by atoms with van der Waals surface area (Å²) in [5.41, 5.74) is 2.82. The maximum atomic E-state index is 13.2. The third kappa shape index (κ3) is 5.70. The lowest BCUT2D eigenvalue weighted by Gasteiger charge is -2.39. The number of halogens is 3. The van der Waals surface area contributed by atoms with E-state index in [4.69, 9.17) is 34.8 Å². The summed E-state index contributed by atoms with van der Waals surface area (Å²) in [6.07, 6.45) is 1.06. The van der Waals surface area contributed by atoms with E-state index >= 15 is 0 Å². The summed E-state index contributed by atoms with van der Waals surface area (Å²) in [6.45, 7) is 4.10. The van der Waals surface area contributed by atoms with E-state index in [1.807, 2.05) is 26.0 Å². The molecular formula is C26H22Cl3N3O2S. The van der Waals surface area contributed by atoms with E-state index in [1.54, 1.807) is 30.3 Å². The third-order valence-corrected chi connectivity index (χ3v) is 7.71. The Morgan fingerprint density at radius 3 is 2.51 bits per heavy atom. The monoisotopic (exact) mass is 545 g/mol. The van der Waals surface area contributed by atoms with Gasteiger partial charge in [0.1, 0.15) is 0 Å². The predicted octanol–water partition coefficient (Wildman–Crippen LogP) is 7.08. The highest BCUT2D eigenvalue weighted by Gasteiger charge is 2.41. The number of ketones is 1. The van der Waals surface area contributed by atoms with Crippen LogP contribution in [0.4, 0.5) is 5.69 Å². The molecule has 4 rings (SSSR count). The number of thioether (sulfide) groups is 1. The highest BCUT2D eigenvalue weighted by molar-refractivity contribution is 8.03. The van der Waals surface area contributed by atoms with Gasteiger partial charge in [-0.15, -0.1) is 0 Å². The van der Waals surface area contributed by atoms with E-state index in [0.29, 0.717) is 49.8 Å². The number of carbonyl (C=O) groups excluding carboxylic acids is 2. The number of carbonyl (C=O) groups is 2. The van der Waals surface area contributed by atoms with E-state index in [1.165, 1.54) is 11.8 Å². The molecule has 0 aromatic heterocycles. The molecule has 2 aliphatic rings. The fourth-order valence-corrected chi connectivity index (χ4v) is 5.72. The van der Waals surface area contributed by atoms with Gasteiger partial charge < -0.3 is 10.6 Å². The standard InChI is InChI=1S/C26H22Cl3N3O2S/c1-26(2)10-20-24(21(33)11-26)23(14-3-5-15(27)6-4-14)17(12-30)25(32-20)35-13-22(34)31-19-9-16(28)7-8-18(19)29/h3-9,23,32H,10-11,13H2,1-2H3,(H,31,34)/t23-/m1/s1. The minimum atomic E-state index is -0.523. The second-order valence-corrected chi connectivity index (χ2v) is 11.5. The number of amides is 1. The van der Waals surface area contributed by atoms with E-state index in [9.17, 15) is 14.9 Å². The average Bonchev–Trinajstić information content (AvgIpc) is 2.79. The second-order valence-electron chi connectivity index (χ2n) is 9.26. The van der Waals surface area contributed by atoms with Gasteiger partial charge in [-0.25, -0.2) is 0 Å². The number of hydrogen-bond donors (Lipinski definition) is 2. The molecule has 180 valence electrons. The molecule has 0 saturated heterocycles. The summed E-state index contributed by atoms with van der Waals surface area (Å²) in [5, 5.41) is 18.2. The lowest BCUT2D eigenvalue weighted by molar-refractivity contribution is -0.118. The Kier molecular flexibility index (Phi) is 7.54. The molecule has 1 heterocycles. The van der Waals surface area contributed by atoms with Gasteiger partial charge in [0, 0.05) is 27.7 Å². The number of Topliss-reactive ketones (excluding diaryl/α,β-unsaturated/α-hetero) is 1. The van der Waals surface area contributed by atoms with Crippen LogP contribution >= 0.6 is 46.6 Å². The molecule has 0 unspecified atom stereocenters. The van der Waals surface area contributed by atoms with Crippen molar-refractivity contribution in [3.05, 3.63) is 85.0 Å². The maximum absolute atomic E-state index is 13.2. The number of rotatable bonds is 5. The predicted molar refractivity (Wildman–Crippen MR) is 143 cm³/mol. The number of hydrogen-bond acceptors (Lipinski definition) is 5. The van der Waals surface area contributed by atoms with Gasteiger partial charge in [-0.1, -0.05) is 72.5 Å². The molecule has 1 aliphatic heterocycles. The third-order valence-electron chi connectivity index (χ3n) is 5.88. The first-order chi connectivity index (χ1) is 16.6. The van der Waals surface area contributed by atoms with Crippen molar-refractivity contribution in [2.45, 2.75) is 32.6 Å². The topological polar surface area (TPSA) is 82.0 Å². The second kappa shape index (κ2) is 10.3. The highest BCUT2D eigenvalue weighted by atomic mass is 35.5. The van der Waals surface area contributed by atoms with Crippen molar-refractivity contribution >= 4 is 63.9 Å². The van der Waals surface area contributed by atoms with Crippen LogP contribution in [0.15, 0.2) is 64.3 Å². The molecule has 2 aromatic rings. The molecule has 1 amide bonds. The largest absolute Gasteiger partial charge is 0.352 e. The summed E-state index contributed by atoms with van der Waals surface area (Å²) < 4.78 is 0. The Morgan fingerprint density at radius 1 is 1.14 bits per heavy atom. The molecular weight excluding hydrogens is 525 g/mol. The van der Waals surface area contributed by atoms with Gasteiger partial charge in [0.2, 0.25) is 5.91 Å². The smallest absolute Gasteiger partial charge is 0.234 e. The summed E-state index contributed by atoms with van der Waals surface area (Å²) in [4.78, 5) is 25.9. The van der Waals surface area contributed by atoms with Crippen LogP contribution in [0.5, 0.6) is 0 Å². The van der Waals surface area contributed by atoms with Crippen molar-refractivity contribution in [3.63, 3.8) is 0 Å². The zero-order valence-corrected chi connectivity index (χ0v) is 22.1. The van der Waals surface area contributed by atoms with Gasteiger partial charge in [-0.2, -0.15) is 5.26 Å². The molecule has 0 bridgehead atoms. The van der Waals surface area contributed by atoms with Crippen molar-refractivity contribution in [1.29, 1.82) is 5.26 Å². The average molecular weight is 547 g/mol. The zero-order chi connectivity index (χ0) is 25.3. The van der Waals surface area contributed by atoms with Crippen molar-refractivity contribution < 1.29 is 9.59 Å². The number of nitrogens with one attached hydrogen (secondary N) is 2. The number of nitriles is 1. The van der Waals surface area contributed by atoms with Crippen LogP contribution in [-0.2, 0) is 9.59 Å². The quantitative estimate of drug-likeness (QED) is 0.419. The van der Waals surface area contributed by atoms with Crippen LogP contribution in [0, 0.1) is 16.7 Å². The Labute approximate surface area is 223 Å². The van der Waals surface area contributed by atoms with E-state index in [0.717, 1.165) is 11.3 Å². The molecule has 2 aromatic carbocycles. The number of allylic oxidation sites excluding steroid dienone is 3. The molecule has 0 spiro atoms. The SMILES string of the molecule is CC1(C)CC(=O)C2=C(C1)NC(SCC(=O)Nc1cc(Cl)ccc1Cl)=C(C#N)[C@H]2c1ccc(Cl)cc1. The van der Waals surface area contributed by atoms with E-state index < -0.39 is 5.92 Å². The summed E-state index contributed by atoms with van der Waals surface area (Å²) >= 11 is 19.5. The Hall–Kier alpha value is -2.43. The first-order valence-corrected chi connectivity index (χ1v) is 13.0. The highest BCUT2D eigenvalue weighted by Crippen LogP contribution is 2.48. The Balaban J connectivity index is 1.65. The number of nitrogens with zero attached hydrogens (tertiary/aromatic N) is 1. The van der Waals surface area contributed by atoms with Gasteiger partial charge in [0.15, 0.2) is 5.78 Å². The lowest BCUT2D eigenvalue weighted by Crippen LogP contribution is -2.37. The first kappa shape index (κ1) is 25.7. The fourth-order valence-electron chi connectivity index (χ4n) is 4.40. The lowest BCUT2D eigenvalue weighted by atomic mass is 9.69. The van der Waals surface area contributed by atoms with Crippen molar-refractivity contribution in [2.75, 3.05) is 11.1 Å².